The van der Waals surface area contributed by atoms with Gasteiger partial charge in [0, 0.05) is 12.7 Å². The fourth-order valence-electron chi connectivity index (χ4n) is 2.02. The molecule has 3 nitrogen and oxygen atoms in total. The SMILES string of the molecule is CN1CCC(CNc2ncccc2Cl)CC1. The number of hydrogen-bond acceptors (Lipinski definition) is 3. The Hall–Kier alpha value is -0.800. The van der Waals surface area contributed by atoms with Crippen molar-refractivity contribution in [3.8, 4) is 0 Å². The minimum atomic E-state index is 0.704. The van der Waals surface area contributed by atoms with Gasteiger partial charge in [0.2, 0.25) is 0 Å². The van der Waals surface area contributed by atoms with Gasteiger partial charge in [-0.15, -0.1) is 0 Å². The zero-order valence-electron chi connectivity index (χ0n) is 9.62. The molecule has 2 heterocycles. The van der Waals surface area contributed by atoms with Crippen LogP contribution in [0.2, 0.25) is 5.02 Å². The largest absolute Gasteiger partial charge is 0.369 e. The molecule has 88 valence electrons. The van der Waals surface area contributed by atoms with Gasteiger partial charge in [-0.05, 0) is 51.0 Å². The van der Waals surface area contributed by atoms with E-state index < -0.39 is 0 Å². The van der Waals surface area contributed by atoms with Gasteiger partial charge in [-0.1, -0.05) is 11.6 Å². The highest BCUT2D eigenvalue weighted by molar-refractivity contribution is 6.32. The maximum Gasteiger partial charge on any atom is 0.144 e. The molecule has 0 saturated carbocycles. The Bertz CT molecular complexity index is 335. The molecule has 0 bridgehead atoms. The van der Waals surface area contributed by atoms with Crippen LogP contribution in [0.3, 0.4) is 0 Å². The zero-order valence-corrected chi connectivity index (χ0v) is 10.4. The summed E-state index contributed by atoms with van der Waals surface area (Å²) in [6.45, 7) is 3.37. The van der Waals surface area contributed by atoms with E-state index in [0.29, 0.717) is 5.02 Å². The molecule has 2 rings (SSSR count). The molecule has 1 aliphatic heterocycles. The Morgan fingerprint density at radius 1 is 1.50 bits per heavy atom. The summed E-state index contributed by atoms with van der Waals surface area (Å²) >= 11 is 6.03. The van der Waals surface area contributed by atoms with Crippen LogP contribution in [0, 0.1) is 5.92 Å². The van der Waals surface area contributed by atoms with Crippen molar-refractivity contribution in [3.05, 3.63) is 23.4 Å². The predicted molar refractivity (Wildman–Crippen MR) is 68.0 cm³/mol. The van der Waals surface area contributed by atoms with Crippen molar-refractivity contribution in [3.63, 3.8) is 0 Å². The second-order valence-corrected chi connectivity index (χ2v) is 4.87. The molecule has 0 unspecified atom stereocenters. The molecule has 0 amide bonds. The van der Waals surface area contributed by atoms with Crippen molar-refractivity contribution in [2.75, 3.05) is 32.0 Å². The van der Waals surface area contributed by atoms with Crippen molar-refractivity contribution in [2.24, 2.45) is 5.92 Å². The maximum atomic E-state index is 6.03. The first-order chi connectivity index (χ1) is 7.75. The number of anilines is 1. The van der Waals surface area contributed by atoms with Gasteiger partial charge in [-0.3, -0.25) is 0 Å². The molecule has 16 heavy (non-hydrogen) atoms. The third-order valence-electron chi connectivity index (χ3n) is 3.15. The highest BCUT2D eigenvalue weighted by Crippen LogP contribution is 2.20. The van der Waals surface area contributed by atoms with E-state index in [4.69, 9.17) is 11.6 Å². The van der Waals surface area contributed by atoms with Crippen molar-refractivity contribution in [1.29, 1.82) is 0 Å². The number of pyridine rings is 1. The summed E-state index contributed by atoms with van der Waals surface area (Å²) in [6.07, 6.45) is 4.28. The smallest absolute Gasteiger partial charge is 0.144 e. The second kappa shape index (κ2) is 5.51. The van der Waals surface area contributed by atoms with Gasteiger partial charge in [-0.25, -0.2) is 4.98 Å². The van der Waals surface area contributed by atoms with Crippen LogP contribution in [0.15, 0.2) is 18.3 Å². The topological polar surface area (TPSA) is 28.2 Å². The van der Waals surface area contributed by atoms with Crippen LogP contribution in [0.1, 0.15) is 12.8 Å². The van der Waals surface area contributed by atoms with Crippen molar-refractivity contribution < 1.29 is 0 Å². The Kier molecular flexibility index (Phi) is 4.02. The van der Waals surface area contributed by atoms with Crippen LogP contribution in [0.5, 0.6) is 0 Å². The standard InChI is InChI=1S/C12H18ClN3/c1-16-7-4-10(5-8-16)9-15-12-11(13)3-2-6-14-12/h2-3,6,10H,4-5,7-9H2,1H3,(H,14,15). The zero-order chi connectivity index (χ0) is 11.4. The minimum Gasteiger partial charge on any atom is -0.369 e. The van der Waals surface area contributed by atoms with Gasteiger partial charge in [0.1, 0.15) is 5.82 Å². The number of hydrogen-bond donors (Lipinski definition) is 1. The van der Waals surface area contributed by atoms with E-state index in [9.17, 15) is 0 Å². The fraction of sp³-hybridized carbons (Fsp3) is 0.583. The van der Waals surface area contributed by atoms with Crippen molar-refractivity contribution >= 4 is 17.4 Å². The molecule has 0 aliphatic carbocycles. The van der Waals surface area contributed by atoms with Crippen LogP contribution in [-0.2, 0) is 0 Å². The molecule has 1 saturated heterocycles. The first-order valence-electron chi connectivity index (χ1n) is 5.78. The Balaban J connectivity index is 1.81. The lowest BCUT2D eigenvalue weighted by Gasteiger charge is -2.29. The number of likely N-dealkylation sites (tertiary alicyclic amines) is 1. The molecule has 1 aromatic rings. The Morgan fingerprint density at radius 3 is 2.94 bits per heavy atom. The number of aromatic nitrogens is 1. The summed E-state index contributed by atoms with van der Waals surface area (Å²) in [5.74, 6) is 1.55. The average molecular weight is 240 g/mol. The number of piperidine rings is 1. The lowest BCUT2D eigenvalue weighted by molar-refractivity contribution is 0.226. The summed E-state index contributed by atoms with van der Waals surface area (Å²) in [5.41, 5.74) is 0. The van der Waals surface area contributed by atoms with Gasteiger partial charge in [0.05, 0.1) is 5.02 Å². The summed E-state index contributed by atoms with van der Waals surface area (Å²) in [4.78, 5) is 6.60. The molecule has 1 aromatic heterocycles. The lowest BCUT2D eigenvalue weighted by atomic mass is 9.97. The van der Waals surface area contributed by atoms with Crippen molar-refractivity contribution in [2.45, 2.75) is 12.8 Å². The molecule has 4 heteroatoms. The van der Waals surface area contributed by atoms with E-state index in [1.807, 2.05) is 12.1 Å². The molecule has 0 radical (unpaired) electrons. The van der Waals surface area contributed by atoms with Crippen LogP contribution in [0.4, 0.5) is 5.82 Å². The number of nitrogens with zero attached hydrogens (tertiary/aromatic N) is 2. The van der Waals surface area contributed by atoms with E-state index in [0.717, 1.165) is 18.3 Å². The Labute approximate surface area is 102 Å². The van der Waals surface area contributed by atoms with Gasteiger partial charge in [-0.2, -0.15) is 0 Å². The normalized spacial score (nSPS) is 18.6. The molecular formula is C12H18ClN3. The molecule has 1 fully saturated rings. The third-order valence-corrected chi connectivity index (χ3v) is 3.46. The van der Waals surface area contributed by atoms with Gasteiger partial charge < -0.3 is 10.2 Å². The number of rotatable bonds is 3. The summed E-state index contributed by atoms with van der Waals surface area (Å²) in [6, 6.07) is 3.72. The van der Waals surface area contributed by atoms with Gasteiger partial charge in [0.15, 0.2) is 0 Å². The molecule has 1 N–H and O–H groups in total. The first-order valence-corrected chi connectivity index (χ1v) is 6.16. The second-order valence-electron chi connectivity index (χ2n) is 4.46. The summed E-state index contributed by atoms with van der Waals surface area (Å²) in [5, 5.41) is 4.04. The predicted octanol–water partition coefficient (Wildman–Crippen LogP) is 2.49. The number of nitrogens with one attached hydrogen (secondary N) is 1. The number of halogens is 1. The minimum absolute atomic E-state index is 0.704. The molecule has 0 spiro atoms. The fourth-order valence-corrected chi connectivity index (χ4v) is 2.21. The van der Waals surface area contributed by atoms with E-state index in [1.165, 1.54) is 25.9 Å². The molecule has 0 atom stereocenters. The quantitative estimate of drug-likeness (QED) is 0.879. The van der Waals surface area contributed by atoms with Crippen LogP contribution >= 0.6 is 11.6 Å². The maximum absolute atomic E-state index is 6.03. The van der Waals surface area contributed by atoms with Gasteiger partial charge in [0.25, 0.3) is 0 Å². The molecule has 1 aliphatic rings. The van der Waals surface area contributed by atoms with E-state index in [-0.39, 0.29) is 0 Å². The summed E-state index contributed by atoms with van der Waals surface area (Å²) in [7, 11) is 2.18. The van der Waals surface area contributed by atoms with E-state index in [1.54, 1.807) is 6.20 Å². The molecule has 0 aromatic carbocycles. The van der Waals surface area contributed by atoms with Crippen LogP contribution < -0.4 is 5.32 Å². The first kappa shape index (κ1) is 11.7. The van der Waals surface area contributed by atoms with E-state index >= 15 is 0 Å². The lowest BCUT2D eigenvalue weighted by Crippen LogP contribution is -2.33. The van der Waals surface area contributed by atoms with Crippen LogP contribution in [-0.4, -0.2) is 36.6 Å². The van der Waals surface area contributed by atoms with Crippen LogP contribution in [0.25, 0.3) is 0 Å². The monoisotopic (exact) mass is 239 g/mol. The average Bonchev–Trinajstić information content (AvgIpc) is 2.30. The van der Waals surface area contributed by atoms with E-state index in [2.05, 4.69) is 22.2 Å². The molecular weight excluding hydrogens is 222 g/mol. The third kappa shape index (κ3) is 3.09. The van der Waals surface area contributed by atoms with Crippen molar-refractivity contribution in [1.82, 2.24) is 9.88 Å². The Morgan fingerprint density at radius 2 is 2.25 bits per heavy atom. The highest BCUT2D eigenvalue weighted by atomic mass is 35.5. The van der Waals surface area contributed by atoms with Gasteiger partial charge >= 0.3 is 0 Å². The highest BCUT2D eigenvalue weighted by Gasteiger charge is 2.16. The summed E-state index contributed by atoms with van der Waals surface area (Å²) < 4.78 is 0.